The monoisotopic (exact) mass is 1010 g/mol. The van der Waals surface area contributed by atoms with Crippen LogP contribution in [0.25, 0.3) is 104 Å². The largest absolute Gasteiger partial charge is 0.310 e. The molecule has 13 rings (SSSR count). The fourth-order valence-electron chi connectivity index (χ4n) is 11.9. The third-order valence-corrected chi connectivity index (χ3v) is 16.4. The molecule has 0 unspecified atom stereocenters. The lowest BCUT2D eigenvalue weighted by atomic mass is 9.79. The van der Waals surface area contributed by atoms with Gasteiger partial charge in [-0.15, -0.1) is 0 Å². The Morgan fingerprint density at radius 1 is 0.282 bits per heavy atom. The molecule has 0 N–H and O–H groups in total. The minimum absolute atomic E-state index is 0.0177. The summed E-state index contributed by atoms with van der Waals surface area (Å²) in [6, 6.07) is 88.9. The van der Waals surface area contributed by atoms with E-state index < -0.39 is 0 Å². The standard InChI is InChI=1S/C76H66N2/c1-74(2,3)59-44-56(49-18-11-10-12-19-49)43-57(45-59)51-28-36-63(37-29-51)77(62-34-26-50(27-35-62)54-20-17-21-55(42-54)58-46-60(75(4,5)6)48-61(47-58)76(7,8)9)70-40-32-52-31-39-67-71(41-33-53-30-38-66(70)72(52)73(53)67)78-68-24-15-13-22-64(68)65-23-14-16-25-69(65)78/h10-48H,1-9H3. The number of nitrogens with zero attached hydrogens (tertiary/aromatic N) is 2. The van der Waals surface area contributed by atoms with E-state index in [1.807, 2.05) is 0 Å². The molecule has 380 valence electrons. The number of fused-ring (bicyclic) bond motifs is 3. The normalized spacial score (nSPS) is 12.4. The van der Waals surface area contributed by atoms with Gasteiger partial charge >= 0.3 is 0 Å². The van der Waals surface area contributed by atoms with Crippen LogP contribution in [0.15, 0.2) is 237 Å². The summed E-state index contributed by atoms with van der Waals surface area (Å²) in [6.45, 7) is 20.8. The van der Waals surface area contributed by atoms with Crippen molar-refractivity contribution in [1.82, 2.24) is 4.57 Å². The highest BCUT2D eigenvalue weighted by atomic mass is 15.1. The summed E-state index contributed by atoms with van der Waals surface area (Å²) in [5.41, 5.74) is 20.8. The van der Waals surface area contributed by atoms with Gasteiger partial charge < -0.3 is 9.47 Å². The molecule has 13 aromatic rings. The Bertz CT molecular complexity index is 4310. The Hall–Kier alpha value is -8.72. The molecular weight excluding hydrogens is 941 g/mol. The van der Waals surface area contributed by atoms with Crippen LogP contribution in [0.3, 0.4) is 0 Å². The zero-order chi connectivity index (χ0) is 53.7. The summed E-state index contributed by atoms with van der Waals surface area (Å²) < 4.78 is 2.47. The van der Waals surface area contributed by atoms with Crippen molar-refractivity contribution < 1.29 is 0 Å². The summed E-state index contributed by atoms with van der Waals surface area (Å²) in [7, 11) is 0. The molecule has 0 bridgehead atoms. The van der Waals surface area contributed by atoms with Gasteiger partial charge in [0.25, 0.3) is 0 Å². The number of hydrogen-bond acceptors (Lipinski definition) is 1. The average molecular weight is 1010 g/mol. The third-order valence-electron chi connectivity index (χ3n) is 16.4. The smallest absolute Gasteiger partial charge is 0.0541 e. The molecule has 0 aliphatic rings. The van der Waals surface area contributed by atoms with E-state index in [4.69, 9.17) is 0 Å². The average Bonchev–Trinajstić information content (AvgIpc) is 3.94. The molecule has 1 aromatic heterocycles. The summed E-state index contributed by atoms with van der Waals surface area (Å²) in [4.78, 5) is 2.47. The number of benzene rings is 12. The first-order valence-electron chi connectivity index (χ1n) is 27.7. The van der Waals surface area contributed by atoms with Crippen LogP contribution in [0.4, 0.5) is 17.1 Å². The number of rotatable bonds is 8. The molecule has 0 saturated carbocycles. The predicted molar refractivity (Wildman–Crippen MR) is 337 cm³/mol. The van der Waals surface area contributed by atoms with Gasteiger partial charge in [0.1, 0.15) is 0 Å². The van der Waals surface area contributed by atoms with Gasteiger partial charge in [0, 0.05) is 32.9 Å². The second kappa shape index (κ2) is 18.5. The van der Waals surface area contributed by atoms with Crippen molar-refractivity contribution in [2.24, 2.45) is 0 Å². The summed E-state index contributed by atoms with van der Waals surface area (Å²) in [5.74, 6) is 0. The minimum Gasteiger partial charge on any atom is -0.310 e. The van der Waals surface area contributed by atoms with E-state index in [1.165, 1.54) is 121 Å². The molecule has 0 spiro atoms. The van der Waals surface area contributed by atoms with Gasteiger partial charge in [-0.3, -0.25) is 0 Å². The molecule has 78 heavy (non-hydrogen) atoms. The van der Waals surface area contributed by atoms with Crippen LogP contribution in [0.5, 0.6) is 0 Å². The Kier molecular flexibility index (Phi) is 11.6. The molecule has 0 aliphatic heterocycles. The van der Waals surface area contributed by atoms with Gasteiger partial charge in [-0.2, -0.15) is 0 Å². The second-order valence-corrected chi connectivity index (χ2v) is 24.7. The van der Waals surface area contributed by atoms with Crippen molar-refractivity contribution in [1.29, 1.82) is 0 Å². The lowest BCUT2D eigenvalue weighted by molar-refractivity contribution is 0.569. The van der Waals surface area contributed by atoms with Crippen LogP contribution in [-0.4, -0.2) is 4.57 Å². The quantitative estimate of drug-likeness (QED) is 0.138. The first kappa shape index (κ1) is 48.9. The van der Waals surface area contributed by atoms with Gasteiger partial charge in [-0.25, -0.2) is 0 Å². The van der Waals surface area contributed by atoms with Gasteiger partial charge in [0.2, 0.25) is 0 Å². The fraction of sp³-hybridized carbons (Fsp3) is 0.158. The van der Waals surface area contributed by atoms with Crippen molar-refractivity contribution >= 4 is 71.2 Å². The minimum atomic E-state index is -0.0177. The molecule has 12 aromatic carbocycles. The summed E-state index contributed by atoms with van der Waals surface area (Å²) >= 11 is 0. The van der Waals surface area contributed by atoms with Crippen LogP contribution < -0.4 is 4.90 Å². The maximum atomic E-state index is 2.47. The maximum absolute atomic E-state index is 2.47. The van der Waals surface area contributed by atoms with Gasteiger partial charge in [0.15, 0.2) is 0 Å². The van der Waals surface area contributed by atoms with E-state index in [1.54, 1.807) is 0 Å². The summed E-state index contributed by atoms with van der Waals surface area (Å²) in [6.07, 6.45) is 0. The van der Waals surface area contributed by atoms with Crippen LogP contribution in [0, 0.1) is 0 Å². The highest BCUT2D eigenvalue weighted by Crippen LogP contribution is 2.47. The molecule has 0 radical (unpaired) electrons. The van der Waals surface area contributed by atoms with Crippen molar-refractivity contribution in [3.05, 3.63) is 253 Å². The van der Waals surface area contributed by atoms with Gasteiger partial charge in [-0.05, 0) is 160 Å². The number of anilines is 3. The Labute approximate surface area is 460 Å². The molecule has 0 aliphatic carbocycles. The topological polar surface area (TPSA) is 8.17 Å². The van der Waals surface area contributed by atoms with Crippen molar-refractivity contribution in [2.75, 3.05) is 4.90 Å². The van der Waals surface area contributed by atoms with Gasteiger partial charge in [0.05, 0.1) is 22.4 Å². The highest BCUT2D eigenvalue weighted by molar-refractivity contribution is 6.27. The van der Waals surface area contributed by atoms with Crippen molar-refractivity contribution in [3.63, 3.8) is 0 Å². The molecule has 0 fully saturated rings. The van der Waals surface area contributed by atoms with E-state index >= 15 is 0 Å². The zero-order valence-corrected chi connectivity index (χ0v) is 46.4. The van der Waals surface area contributed by atoms with Gasteiger partial charge in [-0.1, -0.05) is 238 Å². The lowest BCUT2D eigenvalue weighted by Crippen LogP contribution is -2.16. The SMILES string of the molecule is CC(C)(C)c1cc(-c2ccccc2)cc(-c2ccc(N(c3ccc(-c4cccc(-c5cc(C(C)(C)C)cc(C(C)(C)C)c5)c4)cc3)c3ccc4ccc5c(-n6c7ccccc7c7ccccc76)ccc6ccc3c4c65)cc2)c1. The molecule has 0 atom stereocenters. The zero-order valence-electron chi connectivity index (χ0n) is 46.4. The predicted octanol–water partition coefficient (Wildman–Crippen LogP) is 21.7. The van der Waals surface area contributed by atoms with E-state index in [2.05, 4.69) is 308 Å². The molecule has 2 nitrogen and oxygen atoms in total. The maximum Gasteiger partial charge on any atom is 0.0541 e. The number of para-hydroxylation sites is 2. The number of hydrogen-bond donors (Lipinski definition) is 0. The van der Waals surface area contributed by atoms with Crippen LogP contribution in [0.1, 0.15) is 79.0 Å². The third kappa shape index (κ3) is 8.61. The summed E-state index contributed by atoms with van der Waals surface area (Å²) in [5, 5.41) is 10.0. The Morgan fingerprint density at radius 3 is 1.23 bits per heavy atom. The van der Waals surface area contributed by atoms with E-state index in [0.717, 1.165) is 17.1 Å². The van der Waals surface area contributed by atoms with E-state index in [9.17, 15) is 0 Å². The molecule has 2 heteroatoms. The first-order valence-corrected chi connectivity index (χ1v) is 27.7. The Morgan fingerprint density at radius 2 is 0.679 bits per heavy atom. The Balaban J connectivity index is 0.965. The lowest BCUT2D eigenvalue weighted by Gasteiger charge is -2.28. The van der Waals surface area contributed by atoms with Crippen LogP contribution >= 0.6 is 0 Å². The van der Waals surface area contributed by atoms with Crippen LogP contribution in [0.2, 0.25) is 0 Å². The van der Waals surface area contributed by atoms with E-state index in [0.29, 0.717) is 0 Å². The molecule has 1 heterocycles. The van der Waals surface area contributed by atoms with Crippen molar-refractivity contribution in [3.8, 4) is 50.2 Å². The molecule has 0 amide bonds. The van der Waals surface area contributed by atoms with E-state index in [-0.39, 0.29) is 16.2 Å². The number of aromatic nitrogens is 1. The van der Waals surface area contributed by atoms with Crippen molar-refractivity contribution in [2.45, 2.75) is 78.6 Å². The highest BCUT2D eigenvalue weighted by Gasteiger charge is 2.24. The molecule has 0 saturated heterocycles. The first-order chi connectivity index (χ1) is 37.5. The van der Waals surface area contributed by atoms with Crippen LogP contribution in [-0.2, 0) is 16.2 Å². The second-order valence-electron chi connectivity index (χ2n) is 24.7. The fourth-order valence-corrected chi connectivity index (χ4v) is 11.9. The molecular formula is C76H66N2.